The SMILES string of the molecule is COc1ccc(-c2nc(N3CCN(CCc4ccccc4)CC3)nc3nn(Cc4ccccc4)c(N)c23)c(F)c1. The number of hydrogen-bond acceptors (Lipinski definition) is 7. The summed E-state index contributed by atoms with van der Waals surface area (Å²) in [6.07, 6.45) is 1.02. The largest absolute Gasteiger partial charge is 0.497 e. The van der Waals surface area contributed by atoms with Gasteiger partial charge >= 0.3 is 0 Å². The normalized spacial score (nSPS) is 14.1. The topological polar surface area (TPSA) is 85.3 Å². The van der Waals surface area contributed by atoms with Gasteiger partial charge in [0.05, 0.1) is 24.7 Å². The van der Waals surface area contributed by atoms with Crippen LogP contribution in [0.3, 0.4) is 0 Å². The Bertz CT molecular complexity index is 1600. The van der Waals surface area contributed by atoms with E-state index in [9.17, 15) is 0 Å². The number of piperazine rings is 1. The molecule has 0 amide bonds. The number of aromatic nitrogens is 4. The molecule has 204 valence electrons. The molecular formula is C31H32FN7O. The van der Waals surface area contributed by atoms with Gasteiger partial charge in [-0.05, 0) is 29.7 Å². The molecule has 40 heavy (non-hydrogen) atoms. The lowest BCUT2D eigenvalue weighted by molar-refractivity contribution is 0.260. The second-order valence-corrected chi connectivity index (χ2v) is 10.0. The number of methoxy groups -OCH3 is 1. The van der Waals surface area contributed by atoms with Crippen LogP contribution in [0.4, 0.5) is 16.2 Å². The molecule has 1 fully saturated rings. The van der Waals surface area contributed by atoms with E-state index in [1.807, 2.05) is 36.4 Å². The highest BCUT2D eigenvalue weighted by molar-refractivity contribution is 5.99. The number of halogens is 1. The third-order valence-electron chi connectivity index (χ3n) is 7.45. The van der Waals surface area contributed by atoms with Crippen molar-refractivity contribution in [2.45, 2.75) is 13.0 Å². The molecule has 1 saturated heterocycles. The van der Waals surface area contributed by atoms with Crippen LogP contribution in [-0.4, -0.2) is 64.5 Å². The zero-order valence-electron chi connectivity index (χ0n) is 22.5. The van der Waals surface area contributed by atoms with Crippen LogP contribution in [0.5, 0.6) is 5.75 Å². The van der Waals surface area contributed by atoms with Crippen LogP contribution in [0.2, 0.25) is 0 Å². The highest BCUT2D eigenvalue weighted by Crippen LogP contribution is 2.35. The van der Waals surface area contributed by atoms with Gasteiger partial charge in [0.1, 0.15) is 17.4 Å². The predicted octanol–water partition coefficient (Wildman–Crippen LogP) is 4.64. The van der Waals surface area contributed by atoms with E-state index < -0.39 is 5.82 Å². The first kappa shape index (κ1) is 25.8. The molecule has 3 heterocycles. The van der Waals surface area contributed by atoms with Crippen LogP contribution < -0.4 is 15.4 Å². The van der Waals surface area contributed by atoms with Crippen LogP contribution >= 0.6 is 0 Å². The van der Waals surface area contributed by atoms with E-state index in [4.69, 9.17) is 25.5 Å². The van der Waals surface area contributed by atoms with E-state index in [2.05, 4.69) is 34.1 Å². The van der Waals surface area contributed by atoms with Crippen LogP contribution in [0, 0.1) is 5.82 Å². The van der Waals surface area contributed by atoms with E-state index in [0.717, 1.165) is 44.7 Å². The maximum Gasteiger partial charge on any atom is 0.228 e. The summed E-state index contributed by atoms with van der Waals surface area (Å²) in [4.78, 5) is 14.3. The lowest BCUT2D eigenvalue weighted by Gasteiger charge is -2.34. The molecule has 0 atom stereocenters. The van der Waals surface area contributed by atoms with E-state index in [0.29, 0.717) is 46.4 Å². The van der Waals surface area contributed by atoms with E-state index in [1.54, 1.807) is 16.8 Å². The fourth-order valence-corrected chi connectivity index (χ4v) is 5.17. The molecule has 0 spiro atoms. The maximum absolute atomic E-state index is 15.4. The molecule has 2 aromatic heterocycles. The van der Waals surface area contributed by atoms with Gasteiger partial charge in [-0.2, -0.15) is 4.98 Å². The average molecular weight is 538 g/mol. The Kier molecular flexibility index (Phi) is 7.29. The Balaban J connectivity index is 1.31. The van der Waals surface area contributed by atoms with Gasteiger partial charge in [-0.15, -0.1) is 5.10 Å². The van der Waals surface area contributed by atoms with Gasteiger partial charge < -0.3 is 15.4 Å². The number of fused-ring (bicyclic) bond motifs is 1. The highest BCUT2D eigenvalue weighted by Gasteiger charge is 2.25. The van der Waals surface area contributed by atoms with Crippen LogP contribution in [-0.2, 0) is 13.0 Å². The minimum absolute atomic E-state index is 0.335. The van der Waals surface area contributed by atoms with Gasteiger partial charge in [0.15, 0.2) is 5.65 Å². The molecule has 5 aromatic rings. The minimum Gasteiger partial charge on any atom is -0.497 e. The van der Waals surface area contributed by atoms with Gasteiger partial charge in [0.2, 0.25) is 5.95 Å². The Morgan fingerprint density at radius 3 is 2.25 bits per heavy atom. The van der Waals surface area contributed by atoms with Crippen molar-refractivity contribution in [1.29, 1.82) is 0 Å². The van der Waals surface area contributed by atoms with Gasteiger partial charge in [0.25, 0.3) is 0 Å². The van der Waals surface area contributed by atoms with Crippen LogP contribution in [0.15, 0.2) is 78.9 Å². The van der Waals surface area contributed by atoms with Crippen molar-refractivity contribution in [1.82, 2.24) is 24.6 Å². The second-order valence-electron chi connectivity index (χ2n) is 10.0. The first-order chi connectivity index (χ1) is 19.6. The van der Waals surface area contributed by atoms with Gasteiger partial charge in [-0.1, -0.05) is 60.7 Å². The maximum atomic E-state index is 15.4. The lowest BCUT2D eigenvalue weighted by atomic mass is 10.1. The standard InChI is InChI=1S/C31H32FN7O/c1-40-24-12-13-25(26(32)20-24)28-27-29(33)39(21-23-10-6-3-7-11-23)36-30(27)35-31(34-28)38-18-16-37(17-19-38)15-14-22-8-4-2-5-9-22/h2-13,20H,14-19,21,33H2,1H3. The van der Waals surface area contributed by atoms with E-state index >= 15 is 4.39 Å². The first-order valence-electron chi connectivity index (χ1n) is 13.5. The van der Waals surface area contributed by atoms with Crippen molar-refractivity contribution < 1.29 is 9.13 Å². The van der Waals surface area contributed by atoms with Gasteiger partial charge in [-0.3, -0.25) is 4.90 Å². The fourth-order valence-electron chi connectivity index (χ4n) is 5.17. The average Bonchev–Trinajstić information content (AvgIpc) is 3.31. The van der Waals surface area contributed by atoms with Gasteiger partial charge in [0, 0.05) is 44.4 Å². The molecule has 2 N–H and O–H groups in total. The van der Waals surface area contributed by atoms with Gasteiger partial charge in [-0.25, -0.2) is 14.1 Å². The Labute approximate surface area is 232 Å². The number of hydrogen-bond donors (Lipinski definition) is 1. The van der Waals surface area contributed by atoms with Crippen LogP contribution in [0.25, 0.3) is 22.3 Å². The summed E-state index contributed by atoms with van der Waals surface area (Å²) in [7, 11) is 1.51. The highest BCUT2D eigenvalue weighted by atomic mass is 19.1. The van der Waals surface area contributed by atoms with Crippen molar-refractivity contribution in [2.24, 2.45) is 0 Å². The van der Waals surface area contributed by atoms with Crippen LogP contribution in [0.1, 0.15) is 11.1 Å². The molecular weight excluding hydrogens is 505 g/mol. The predicted molar refractivity (Wildman–Crippen MR) is 156 cm³/mol. The summed E-state index contributed by atoms with van der Waals surface area (Å²) >= 11 is 0. The molecule has 8 nitrogen and oxygen atoms in total. The molecule has 0 aliphatic carbocycles. The summed E-state index contributed by atoms with van der Waals surface area (Å²) < 4.78 is 22.3. The Hall–Kier alpha value is -4.50. The molecule has 6 rings (SSSR count). The van der Waals surface area contributed by atoms with E-state index in [-0.39, 0.29) is 0 Å². The minimum atomic E-state index is -0.439. The molecule has 0 radical (unpaired) electrons. The molecule has 1 aliphatic rings. The summed E-state index contributed by atoms with van der Waals surface area (Å²) in [5.41, 5.74) is 10.2. The van der Waals surface area contributed by atoms with Crippen molar-refractivity contribution in [3.05, 3.63) is 95.8 Å². The summed E-state index contributed by atoms with van der Waals surface area (Å²) in [6, 6.07) is 25.3. The monoisotopic (exact) mass is 537 g/mol. The van der Waals surface area contributed by atoms with Crippen molar-refractivity contribution >= 4 is 22.8 Å². The molecule has 0 saturated carbocycles. The number of nitrogen functional groups attached to an aromatic ring is 1. The number of benzene rings is 3. The summed E-state index contributed by atoms with van der Waals surface area (Å²) in [5.74, 6) is 0.934. The molecule has 0 unspecified atom stereocenters. The number of nitrogens with zero attached hydrogens (tertiary/aromatic N) is 6. The Morgan fingerprint density at radius 1 is 0.875 bits per heavy atom. The number of nitrogens with two attached hydrogens (primary N) is 1. The fraction of sp³-hybridized carbons (Fsp3) is 0.258. The summed E-state index contributed by atoms with van der Waals surface area (Å²) in [5, 5.41) is 5.29. The number of rotatable bonds is 8. The number of ether oxygens (including phenoxy) is 1. The first-order valence-corrected chi connectivity index (χ1v) is 13.5. The zero-order valence-corrected chi connectivity index (χ0v) is 22.5. The smallest absolute Gasteiger partial charge is 0.228 e. The third-order valence-corrected chi connectivity index (χ3v) is 7.45. The van der Waals surface area contributed by atoms with E-state index in [1.165, 1.54) is 18.7 Å². The third kappa shape index (κ3) is 5.33. The quantitative estimate of drug-likeness (QED) is 0.309. The molecule has 3 aromatic carbocycles. The van der Waals surface area contributed by atoms with Crippen molar-refractivity contribution in [3.8, 4) is 17.0 Å². The second kappa shape index (κ2) is 11.3. The molecule has 1 aliphatic heterocycles. The zero-order chi connectivity index (χ0) is 27.5. The summed E-state index contributed by atoms with van der Waals surface area (Å²) in [6.45, 7) is 4.80. The Morgan fingerprint density at radius 2 is 1.57 bits per heavy atom. The lowest BCUT2D eigenvalue weighted by Crippen LogP contribution is -2.47. The van der Waals surface area contributed by atoms with Crippen molar-refractivity contribution in [3.63, 3.8) is 0 Å². The molecule has 9 heteroatoms. The van der Waals surface area contributed by atoms with Crippen molar-refractivity contribution in [2.75, 3.05) is 50.5 Å². The molecule has 0 bridgehead atoms. The number of anilines is 2.